The summed E-state index contributed by atoms with van der Waals surface area (Å²) >= 11 is 0. The van der Waals surface area contributed by atoms with E-state index in [1.54, 1.807) is 0 Å². The molecule has 2 unspecified atom stereocenters. The number of nitrogens with one attached hydrogen (secondary N) is 2. The van der Waals surface area contributed by atoms with Gasteiger partial charge >= 0.3 is 0 Å². The molecular weight excluding hydrogens is 300 g/mol. The second-order valence-electron chi connectivity index (χ2n) is 6.71. The van der Waals surface area contributed by atoms with Gasteiger partial charge in [-0.05, 0) is 37.3 Å². The SMILES string of the molecule is CCNC(=NCCNC(=O)c1ccccc1)N1CC(C)CC(C)C1. The lowest BCUT2D eigenvalue weighted by molar-refractivity contribution is 0.0955. The topological polar surface area (TPSA) is 56.7 Å². The molecule has 24 heavy (non-hydrogen) atoms. The maximum Gasteiger partial charge on any atom is 0.251 e. The Labute approximate surface area is 145 Å². The highest BCUT2D eigenvalue weighted by Crippen LogP contribution is 2.20. The van der Waals surface area contributed by atoms with Crippen LogP contribution >= 0.6 is 0 Å². The predicted octanol–water partition coefficient (Wildman–Crippen LogP) is 2.36. The minimum Gasteiger partial charge on any atom is -0.357 e. The van der Waals surface area contributed by atoms with Gasteiger partial charge in [0.15, 0.2) is 5.96 Å². The van der Waals surface area contributed by atoms with Crippen LogP contribution in [0.3, 0.4) is 0 Å². The van der Waals surface area contributed by atoms with Crippen molar-refractivity contribution >= 4 is 11.9 Å². The van der Waals surface area contributed by atoms with Crippen LogP contribution < -0.4 is 10.6 Å². The number of benzene rings is 1. The third kappa shape index (κ3) is 5.55. The van der Waals surface area contributed by atoms with E-state index in [2.05, 4.69) is 41.3 Å². The van der Waals surface area contributed by atoms with E-state index in [1.165, 1.54) is 6.42 Å². The van der Waals surface area contributed by atoms with Gasteiger partial charge in [-0.3, -0.25) is 9.79 Å². The Morgan fingerprint density at radius 1 is 1.17 bits per heavy atom. The normalized spacial score (nSPS) is 21.5. The zero-order valence-corrected chi connectivity index (χ0v) is 15.1. The average molecular weight is 330 g/mol. The number of rotatable bonds is 5. The van der Waals surface area contributed by atoms with Crippen molar-refractivity contribution in [3.05, 3.63) is 35.9 Å². The Bertz CT molecular complexity index is 534. The standard InChI is InChI=1S/C19H30N4O/c1-4-20-19(23-13-15(2)12-16(3)14-23)22-11-10-21-18(24)17-8-6-5-7-9-17/h5-9,15-16H,4,10-14H2,1-3H3,(H,20,22)(H,21,24). The highest BCUT2D eigenvalue weighted by Gasteiger charge is 2.23. The number of aliphatic imine (C=N–C) groups is 1. The number of carbonyl (C=O) groups excluding carboxylic acids is 1. The van der Waals surface area contributed by atoms with Crippen LogP contribution in [-0.2, 0) is 0 Å². The fraction of sp³-hybridized carbons (Fsp3) is 0.579. The van der Waals surface area contributed by atoms with Gasteiger partial charge in [0.25, 0.3) is 5.91 Å². The lowest BCUT2D eigenvalue weighted by Crippen LogP contribution is -2.48. The lowest BCUT2D eigenvalue weighted by atomic mass is 9.92. The van der Waals surface area contributed by atoms with Gasteiger partial charge in [0.2, 0.25) is 0 Å². The Morgan fingerprint density at radius 2 is 1.83 bits per heavy atom. The van der Waals surface area contributed by atoms with Crippen LogP contribution in [0.15, 0.2) is 35.3 Å². The maximum absolute atomic E-state index is 12.0. The second kappa shape index (κ2) is 9.30. The van der Waals surface area contributed by atoms with Crippen LogP contribution in [0.1, 0.15) is 37.6 Å². The van der Waals surface area contributed by atoms with Crippen LogP contribution in [-0.4, -0.2) is 49.5 Å². The molecule has 0 saturated carbocycles. The van der Waals surface area contributed by atoms with E-state index in [1.807, 2.05) is 30.3 Å². The van der Waals surface area contributed by atoms with Crippen molar-refractivity contribution in [3.8, 4) is 0 Å². The Morgan fingerprint density at radius 3 is 2.46 bits per heavy atom. The monoisotopic (exact) mass is 330 g/mol. The summed E-state index contributed by atoms with van der Waals surface area (Å²) in [5, 5.41) is 6.30. The number of hydrogen-bond acceptors (Lipinski definition) is 2. The molecule has 1 saturated heterocycles. The van der Waals surface area contributed by atoms with E-state index in [0.717, 1.165) is 25.6 Å². The third-order valence-electron chi connectivity index (χ3n) is 4.20. The molecule has 1 aliphatic heterocycles. The Balaban J connectivity index is 1.86. The molecule has 1 heterocycles. The van der Waals surface area contributed by atoms with Crippen molar-refractivity contribution in [3.63, 3.8) is 0 Å². The molecule has 1 aromatic carbocycles. The minimum atomic E-state index is -0.0454. The molecule has 132 valence electrons. The number of carbonyl (C=O) groups is 1. The number of guanidine groups is 1. The predicted molar refractivity (Wildman–Crippen MR) is 99.3 cm³/mol. The molecule has 0 aliphatic carbocycles. The summed E-state index contributed by atoms with van der Waals surface area (Å²) in [6.07, 6.45) is 1.28. The summed E-state index contributed by atoms with van der Waals surface area (Å²) in [6.45, 7) is 10.8. The molecule has 1 aromatic rings. The fourth-order valence-corrected chi connectivity index (χ4v) is 3.28. The van der Waals surface area contributed by atoms with Crippen molar-refractivity contribution in [1.29, 1.82) is 0 Å². The van der Waals surface area contributed by atoms with Gasteiger partial charge in [0.1, 0.15) is 0 Å². The van der Waals surface area contributed by atoms with Gasteiger partial charge in [0, 0.05) is 31.7 Å². The van der Waals surface area contributed by atoms with E-state index in [-0.39, 0.29) is 5.91 Å². The molecule has 0 aromatic heterocycles. The van der Waals surface area contributed by atoms with Crippen molar-refractivity contribution in [2.24, 2.45) is 16.8 Å². The van der Waals surface area contributed by atoms with Crippen LogP contribution in [0.4, 0.5) is 0 Å². The Hall–Kier alpha value is -2.04. The summed E-state index contributed by atoms with van der Waals surface area (Å²) < 4.78 is 0. The lowest BCUT2D eigenvalue weighted by Gasteiger charge is -2.37. The van der Waals surface area contributed by atoms with Crippen molar-refractivity contribution in [2.45, 2.75) is 27.2 Å². The molecular formula is C19H30N4O. The number of nitrogens with zero attached hydrogens (tertiary/aromatic N) is 2. The van der Waals surface area contributed by atoms with Crippen LogP contribution in [0.5, 0.6) is 0 Å². The molecule has 0 radical (unpaired) electrons. The van der Waals surface area contributed by atoms with Crippen molar-refractivity contribution < 1.29 is 4.79 Å². The first-order valence-corrected chi connectivity index (χ1v) is 8.96. The van der Waals surface area contributed by atoms with Crippen molar-refractivity contribution in [1.82, 2.24) is 15.5 Å². The Kier molecular flexibility index (Phi) is 7.09. The second-order valence-corrected chi connectivity index (χ2v) is 6.71. The highest BCUT2D eigenvalue weighted by atomic mass is 16.1. The molecule has 2 atom stereocenters. The van der Waals surface area contributed by atoms with Crippen molar-refractivity contribution in [2.75, 3.05) is 32.7 Å². The summed E-state index contributed by atoms with van der Waals surface area (Å²) in [7, 11) is 0. The van der Waals surface area contributed by atoms with Gasteiger partial charge in [-0.15, -0.1) is 0 Å². The van der Waals surface area contributed by atoms with Gasteiger partial charge in [0.05, 0.1) is 6.54 Å². The summed E-state index contributed by atoms with van der Waals surface area (Å²) in [5.41, 5.74) is 0.687. The first-order chi connectivity index (χ1) is 11.6. The quantitative estimate of drug-likeness (QED) is 0.495. The number of piperidine rings is 1. The van der Waals surface area contributed by atoms with Crippen LogP contribution in [0.2, 0.25) is 0 Å². The largest absolute Gasteiger partial charge is 0.357 e. The molecule has 1 aliphatic rings. The summed E-state index contributed by atoms with van der Waals surface area (Å²) in [6, 6.07) is 9.28. The number of amides is 1. The average Bonchev–Trinajstić information content (AvgIpc) is 2.57. The molecule has 5 nitrogen and oxygen atoms in total. The molecule has 1 amide bonds. The van der Waals surface area contributed by atoms with Gasteiger partial charge < -0.3 is 15.5 Å². The maximum atomic E-state index is 12.0. The number of hydrogen-bond donors (Lipinski definition) is 2. The summed E-state index contributed by atoms with van der Waals surface area (Å²) in [5.74, 6) is 2.30. The highest BCUT2D eigenvalue weighted by molar-refractivity contribution is 5.94. The van der Waals surface area contributed by atoms with Gasteiger partial charge in [-0.2, -0.15) is 0 Å². The van der Waals surface area contributed by atoms with E-state index >= 15 is 0 Å². The first-order valence-electron chi connectivity index (χ1n) is 8.96. The van der Waals surface area contributed by atoms with E-state index in [0.29, 0.717) is 30.5 Å². The van der Waals surface area contributed by atoms with E-state index in [9.17, 15) is 4.79 Å². The molecule has 5 heteroatoms. The number of likely N-dealkylation sites (tertiary alicyclic amines) is 1. The van der Waals surface area contributed by atoms with Gasteiger partial charge in [-0.25, -0.2) is 0 Å². The smallest absolute Gasteiger partial charge is 0.251 e. The van der Waals surface area contributed by atoms with Gasteiger partial charge in [-0.1, -0.05) is 32.0 Å². The zero-order valence-electron chi connectivity index (χ0n) is 15.1. The fourth-order valence-electron chi connectivity index (χ4n) is 3.28. The molecule has 0 spiro atoms. The third-order valence-corrected chi connectivity index (χ3v) is 4.20. The minimum absolute atomic E-state index is 0.0454. The molecule has 2 N–H and O–H groups in total. The van der Waals surface area contributed by atoms with Crippen LogP contribution in [0, 0.1) is 11.8 Å². The first kappa shape index (κ1) is 18.3. The van der Waals surface area contributed by atoms with E-state index < -0.39 is 0 Å². The zero-order chi connectivity index (χ0) is 17.4. The molecule has 0 bridgehead atoms. The molecule has 2 rings (SSSR count). The molecule has 1 fully saturated rings. The summed E-state index contributed by atoms with van der Waals surface area (Å²) in [4.78, 5) is 19.1. The van der Waals surface area contributed by atoms with Crippen LogP contribution in [0.25, 0.3) is 0 Å². The van der Waals surface area contributed by atoms with E-state index in [4.69, 9.17) is 0 Å².